The van der Waals surface area contributed by atoms with E-state index in [-0.39, 0.29) is 27.8 Å². The number of nitrogens with zero attached hydrogens (tertiary/aromatic N) is 4. The van der Waals surface area contributed by atoms with Crippen molar-refractivity contribution < 1.29 is 22.7 Å². The van der Waals surface area contributed by atoms with Gasteiger partial charge in [0.2, 0.25) is 5.60 Å². The van der Waals surface area contributed by atoms with Gasteiger partial charge in [-0.2, -0.15) is 18.4 Å². The van der Waals surface area contributed by atoms with Crippen LogP contribution in [-0.4, -0.2) is 40.1 Å². The summed E-state index contributed by atoms with van der Waals surface area (Å²) < 4.78 is 45.0. The standard InChI is InChI=1S/C19H16ClF3N6O2/c1-17(9-31-18(2,16(25)29-17)19(21,22)23)12-4-3-5-13(27-12)28-15(30)14-11(20)6-10(7-24)8-26-14/h3-6,8H,9H2,1-2H3,(H2,25,29)(H,27,28,30). The Morgan fingerprint density at radius 3 is 2.68 bits per heavy atom. The normalized spacial score (nSPS) is 23.6. The van der Waals surface area contributed by atoms with Crippen LogP contribution >= 0.6 is 11.6 Å². The summed E-state index contributed by atoms with van der Waals surface area (Å²) >= 11 is 5.99. The Bertz CT molecular complexity index is 1120. The van der Waals surface area contributed by atoms with Gasteiger partial charge in [0, 0.05) is 6.20 Å². The Labute approximate surface area is 179 Å². The van der Waals surface area contributed by atoms with E-state index in [2.05, 4.69) is 20.3 Å². The third kappa shape index (κ3) is 4.17. The number of ether oxygens (including phenoxy) is 1. The van der Waals surface area contributed by atoms with E-state index in [1.165, 1.54) is 31.3 Å². The third-order valence-electron chi connectivity index (χ3n) is 4.77. The Hall–Kier alpha value is -3.23. The maximum absolute atomic E-state index is 13.3. The van der Waals surface area contributed by atoms with Crippen molar-refractivity contribution >= 4 is 29.2 Å². The first-order chi connectivity index (χ1) is 14.4. The summed E-state index contributed by atoms with van der Waals surface area (Å²) in [6, 6.07) is 7.69. The molecule has 1 amide bonds. The average molecular weight is 453 g/mol. The number of anilines is 1. The molecule has 2 aromatic rings. The molecular weight excluding hydrogens is 437 g/mol. The number of nitrogens with one attached hydrogen (secondary N) is 1. The van der Waals surface area contributed by atoms with Crippen LogP contribution in [0.2, 0.25) is 5.02 Å². The van der Waals surface area contributed by atoms with Gasteiger partial charge in [0.15, 0.2) is 0 Å². The average Bonchev–Trinajstić information content (AvgIpc) is 2.70. The number of hydrogen-bond acceptors (Lipinski definition) is 7. The zero-order valence-electron chi connectivity index (χ0n) is 16.3. The minimum atomic E-state index is -4.74. The lowest BCUT2D eigenvalue weighted by atomic mass is 9.93. The molecule has 0 radical (unpaired) electrons. The summed E-state index contributed by atoms with van der Waals surface area (Å²) in [5, 5.41) is 11.3. The number of aliphatic imine (C=N–C) groups is 1. The number of amidine groups is 1. The van der Waals surface area contributed by atoms with Gasteiger partial charge in [-0.3, -0.25) is 9.79 Å². The molecule has 3 rings (SSSR count). The van der Waals surface area contributed by atoms with Gasteiger partial charge in [0.25, 0.3) is 5.91 Å². The minimum absolute atomic E-state index is 0.0239. The Balaban J connectivity index is 1.87. The van der Waals surface area contributed by atoms with Crippen LogP contribution in [0.5, 0.6) is 0 Å². The number of aromatic nitrogens is 2. The van der Waals surface area contributed by atoms with Gasteiger partial charge >= 0.3 is 6.18 Å². The van der Waals surface area contributed by atoms with Crippen molar-refractivity contribution in [2.75, 3.05) is 11.9 Å². The minimum Gasteiger partial charge on any atom is -0.385 e. The lowest BCUT2D eigenvalue weighted by molar-refractivity contribution is -0.249. The summed E-state index contributed by atoms with van der Waals surface area (Å²) in [5.41, 5.74) is 1.90. The molecule has 31 heavy (non-hydrogen) atoms. The fourth-order valence-corrected chi connectivity index (χ4v) is 3.02. The highest BCUT2D eigenvalue weighted by molar-refractivity contribution is 6.34. The van der Waals surface area contributed by atoms with Crippen LogP contribution < -0.4 is 11.1 Å². The van der Waals surface area contributed by atoms with Gasteiger partial charge in [-0.05, 0) is 32.0 Å². The predicted octanol–water partition coefficient (Wildman–Crippen LogP) is 3.18. The van der Waals surface area contributed by atoms with Crippen molar-refractivity contribution in [1.82, 2.24) is 9.97 Å². The summed E-state index contributed by atoms with van der Waals surface area (Å²) in [4.78, 5) is 24.6. The highest BCUT2D eigenvalue weighted by Crippen LogP contribution is 2.40. The molecule has 8 nitrogen and oxygen atoms in total. The SMILES string of the molecule is CC1(c2cccc(NC(=O)c3ncc(C#N)cc3Cl)n2)COC(C)(C(F)(F)F)C(N)=N1. The number of alkyl halides is 3. The number of rotatable bonds is 3. The van der Waals surface area contributed by atoms with Crippen molar-refractivity contribution in [2.24, 2.45) is 10.7 Å². The Morgan fingerprint density at radius 1 is 1.39 bits per heavy atom. The van der Waals surface area contributed by atoms with Gasteiger partial charge < -0.3 is 15.8 Å². The van der Waals surface area contributed by atoms with Crippen LogP contribution in [0, 0.1) is 11.3 Å². The molecule has 1 aliphatic heterocycles. The lowest BCUT2D eigenvalue weighted by Crippen LogP contribution is -2.60. The van der Waals surface area contributed by atoms with Crippen molar-refractivity contribution in [3.63, 3.8) is 0 Å². The van der Waals surface area contributed by atoms with Crippen LogP contribution in [0.4, 0.5) is 19.0 Å². The molecule has 2 unspecified atom stereocenters. The number of amides is 1. The number of halogens is 4. The van der Waals surface area contributed by atoms with E-state index in [0.717, 1.165) is 6.92 Å². The molecule has 12 heteroatoms. The van der Waals surface area contributed by atoms with Crippen LogP contribution in [0.3, 0.4) is 0 Å². The zero-order valence-corrected chi connectivity index (χ0v) is 17.0. The van der Waals surface area contributed by atoms with E-state index < -0.39 is 35.7 Å². The lowest BCUT2D eigenvalue weighted by Gasteiger charge is -2.40. The van der Waals surface area contributed by atoms with Crippen LogP contribution in [0.1, 0.15) is 35.6 Å². The quantitative estimate of drug-likeness (QED) is 0.736. The van der Waals surface area contributed by atoms with Gasteiger partial charge in [-0.15, -0.1) is 0 Å². The molecule has 1 aliphatic rings. The van der Waals surface area contributed by atoms with Crippen LogP contribution in [-0.2, 0) is 10.3 Å². The molecule has 2 atom stereocenters. The Kier molecular flexibility index (Phi) is 5.64. The molecule has 3 N–H and O–H groups in total. The number of nitrogens with two attached hydrogens (primary N) is 1. The van der Waals surface area contributed by atoms with Crippen molar-refractivity contribution in [3.05, 3.63) is 52.4 Å². The van der Waals surface area contributed by atoms with Gasteiger partial charge in [0.05, 0.1) is 22.9 Å². The molecule has 0 aliphatic carbocycles. The first kappa shape index (κ1) is 22.5. The molecule has 0 bridgehead atoms. The predicted molar refractivity (Wildman–Crippen MR) is 106 cm³/mol. The van der Waals surface area contributed by atoms with E-state index >= 15 is 0 Å². The smallest absolute Gasteiger partial charge is 0.385 e. The zero-order chi connectivity index (χ0) is 23.0. The van der Waals surface area contributed by atoms with Gasteiger partial charge in [0.1, 0.15) is 29.0 Å². The van der Waals surface area contributed by atoms with Gasteiger partial charge in [-0.25, -0.2) is 9.97 Å². The topological polar surface area (TPSA) is 126 Å². The number of carbonyl (C=O) groups excluding carboxylic acids is 1. The summed E-state index contributed by atoms with van der Waals surface area (Å²) in [6.07, 6.45) is -3.54. The summed E-state index contributed by atoms with van der Waals surface area (Å²) in [6.45, 7) is 1.89. The molecule has 2 aromatic heterocycles. The van der Waals surface area contributed by atoms with Crippen LogP contribution in [0.15, 0.2) is 35.5 Å². The largest absolute Gasteiger partial charge is 0.424 e. The fraction of sp³-hybridized carbons (Fsp3) is 0.316. The monoisotopic (exact) mass is 452 g/mol. The van der Waals surface area contributed by atoms with E-state index in [1.54, 1.807) is 6.07 Å². The molecule has 0 fully saturated rings. The van der Waals surface area contributed by atoms with Crippen LogP contribution in [0.25, 0.3) is 0 Å². The number of hydrogen-bond donors (Lipinski definition) is 2. The van der Waals surface area contributed by atoms with Crippen molar-refractivity contribution in [2.45, 2.75) is 31.2 Å². The fourth-order valence-electron chi connectivity index (χ4n) is 2.77. The molecule has 3 heterocycles. The first-order valence-corrected chi connectivity index (χ1v) is 9.18. The second-order valence-corrected chi connectivity index (χ2v) is 7.53. The van der Waals surface area contributed by atoms with E-state index in [1.807, 2.05) is 6.07 Å². The number of nitriles is 1. The maximum atomic E-state index is 13.3. The van der Waals surface area contributed by atoms with E-state index in [0.29, 0.717) is 0 Å². The molecular formula is C19H16ClF3N6O2. The summed E-state index contributed by atoms with van der Waals surface area (Å²) in [5.74, 6) is -1.32. The Morgan fingerprint density at radius 2 is 2.10 bits per heavy atom. The molecule has 0 spiro atoms. The molecule has 0 saturated heterocycles. The first-order valence-electron chi connectivity index (χ1n) is 8.80. The molecule has 162 valence electrons. The highest BCUT2D eigenvalue weighted by Gasteiger charge is 2.59. The summed E-state index contributed by atoms with van der Waals surface area (Å²) in [7, 11) is 0. The maximum Gasteiger partial charge on any atom is 0.424 e. The molecule has 0 saturated carbocycles. The van der Waals surface area contributed by atoms with E-state index in [9.17, 15) is 18.0 Å². The van der Waals surface area contributed by atoms with Crippen molar-refractivity contribution in [1.29, 1.82) is 5.26 Å². The second kappa shape index (κ2) is 7.79. The highest BCUT2D eigenvalue weighted by atomic mass is 35.5. The second-order valence-electron chi connectivity index (χ2n) is 7.12. The number of pyridine rings is 2. The van der Waals surface area contributed by atoms with Gasteiger partial charge in [-0.1, -0.05) is 17.7 Å². The molecule has 0 aromatic carbocycles. The van der Waals surface area contributed by atoms with E-state index in [4.69, 9.17) is 27.3 Å². The third-order valence-corrected chi connectivity index (χ3v) is 5.05. The van der Waals surface area contributed by atoms with Crippen molar-refractivity contribution in [3.8, 4) is 6.07 Å². The number of carbonyl (C=O) groups is 1.